The van der Waals surface area contributed by atoms with Gasteiger partial charge in [0.15, 0.2) is 17.2 Å². The maximum atomic E-state index is 13.6. The van der Waals surface area contributed by atoms with Gasteiger partial charge in [0.05, 0.1) is 0 Å². The summed E-state index contributed by atoms with van der Waals surface area (Å²) in [7, 11) is 0. The minimum Gasteiger partial charge on any atom is -0.434 e. The molecule has 3 rings (SSSR count). The van der Waals surface area contributed by atoms with Gasteiger partial charge in [0.25, 0.3) is 6.43 Å². The van der Waals surface area contributed by atoms with Crippen LogP contribution in [0.25, 0.3) is 5.65 Å². The van der Waals surface area contributed by atoms with Gasteiger partial charge in [-0.05, 0) is 24.3 Å². The summed E-state index contributed by atoms with van der Waals surface area (Å²) >= 11 is 5.62. The number of hydrogen-bond donors (Lipinski definition) is 0. The molecule has 0 bridgehead atoms. The Morgan fingerprint density at radius 1 is 1.14 bits per heavy atom. The van der Waals surface area contributed by atoms with Crippen molar-refractivity contribution in [1.82, 2.24) is 19.8 Å². The van der Waals surface area contributed by atoms with Crippen LogP contribution in [-0.4, -0.2) is 19.8 Å². The largest absolute Gasteiger partial charge is 0.434 e. The molecule has 0 aliphatic rings. The van der Waals surface area contributed by atoms with Gasteiger partial charge in [-0.25, -0.2) is 13.2 Å². The normalized spacial score (nSPS) is 11.3. The minimum atomic E-state index is -2.84. The van der Waals surface area contributed by atoms with E-state index in [9.17, 15) is 13.2 Å². The van der Waals surface area contributed by atoms with Crippen LogP contribution in [0, 0.1) is 5.82 Å². The summed E-state index contributed by atoms with van der Waals surface area (Å²) in [4.78, 5) is 0. The number of halogens is 4. The molecule has 0 aliphatic heterocycles. The molecule has 5 nitrogen and oxygen atoms in total. The summed E-state index contributed by atoms with van der Waals surface area (Å²) in [6, 6.07) is 6.56. The second-order valence-corrected chi connectivity index (χ2v) is 4.41. The molecular formula is C12H6ClF3N4O. The number of alkyl halides is 2. The first-order valence-electron chi connectivity index (χ1n) is 5.68. The van der Waals surface area contributed by atoms with Gasteiger partial charge in [0.2, 0.25) is 11.7 Å². The van der Waals surface area contributed by atoms with E-state index in [0.717, 1.165) is 10.6 Å². The predicted molar refractivity (Wildman–Crippen MR) is 67.2 cm³/mol. The number of benzene rings is 1. The molecular weight excluding hydrogens is 309 g/mol. The molecule has 0 N–H and O–H groups in total. The van der Waals surface area contributed by atoms with Crippen LogP contribution in [0.3, 0.4) is 0 Å². The topological polar surface area (TPSA) is 52.3 Å². The first-order valence-corrected chi connectivity index (χ1v) is 6.06. The fourth-order valence-corrected chi connectivity index (χ4v) is 1.81. The van der Waals surface area contributed by atoms with Gasteiger partial charge in [0.1, 0.15) is 0 Å². The van der Waals surface area contributed by atoms with E-state index in [1.807, 2.05) is 0 Å². The zero-order chi connectivity index (χ0) is 15.0. The molecule has 2 heterocycles. The molecule has 1 aromatic carbocycles. The van der Waals surface area contributed by atoms with Crippen molar-refractivity contribution in [2.75, 3.05) is 0 Å². The summed E-state index contributed by atoms with van der Waals surface area (Å²) in [5.41, 5.74) is 0.134. The highest BCUT2D eigenvalue weighted by Gasteiger charge is 2.17. The van der Waals surface area contributed by atoms with Crippen LogP contribution in [0.1, 0.15) is 12.2 Å². The summed E-state index contributed by atoms with van der Waals surface area (Å²) in [6.07, 6.45) is -2.84. The lowest BCUT2D eigenvalue weighted by atomic mass is 10.3. The smallest absolute Gasteiger partial charge is 0.299 e. The van der Waals surface area contributed by atoms with Crippen LogP contribution in [0.15, 0.2) is 30.3 Å². The average Bonchev–Trinajstić information content (AvgIpc) is 2.85. The SMILES string of the molecule is Fc1cc(Cl)ccc1Oc1ccc2nnc(C(F)F)n2n1. The van der Waals surface area contributed by atoms with Crippen LogP contribution in [0.4, 0.5) is 13.2 Å². The molecule has 0 saturated heterocycles. The fourth-order valence-electron chi connectivity index (χ4n) is 1.65. The zero-order valence-electron chi connectivity index (χ0n) is 10.2. The number of nitrogens with zero attached hydrogens (tertiary/aromatic N) is 4. The van der Waals surface area contributed by atoms with Gasteiger partial charge in [0, 0.05) is 11.1 Å². The van der Waals surface area contributed by atoms with Crippen molar-refractivity contribution in [3.05, 3.63) is 47.0 Å². The van der Waals surface area contributed by atoms with Crippen LogP contribution in [-0.2, 0) is 0 Å². The van der Waals surface area contributed by atoms with Gasteiger partial charge in [-0.15, -0.1) is 15.3 Å². The van der Waals surface area contributed by atoms with Crippen molar-refractivity contribution < 1.29 is 17.9 Å². The van der Waals surface area contributed by atoms with E-state index in [-0.39, 0.29) is 22.3 Å². The number of aromatic nitrogens is 4. The minimum absolute atomic E-state index is 0.0783. The van der Waals surface area contributed by atoms with Crippen molar-refractivity contribution >= 4 is 17.2 Å². The standard InChI is InChI=1S/C12H6ClF3N4O/c13-6-1-2-8(7(14)5-6)21-10-4-3-9-17-18-12(11(15)16)20(9)19-10/h1-5,11H. The maximum absolute atomic E-state index is 13.6. The van der Waals surface area contributed by atoms with Crippen molar-refractivity contribution in [1.29, 1.82) is 0 Å². The highest BCUT2D eigenvalue weighted by molar-refractivity contribution is 6.30. The van der Waals surface area contributed by atoms with Gasteiger partial charge in [-0.2, -0.15) is 4.52 Å². The summed E-state index contributed by atoms with van der Waals surface area (Å²) in [5, 5.41) is 10.9. The van der Waals surface area contributed by atoms with Gasteiger partial charge in [-0.1, -0.05) is 11.6 Å². The lowest BCUT2D eigenvalue weighted by molar-refractivity contribution is 0.137. The molecule has 3 aromatic rings. The van der Waals surface area contributed by atoms with E-state index < -0.39 is 18.1 Å². The lowest BCUT2D eigenvalue weighted by Gasteiger charge is -2.06. The molecule has 0 saturated carbocycles. The highest BCUT2D eigenvalue weighted by atomic mass is 35.5. The number of hydrogen-bond acceptors (Lipinski definition) is 4. The number of fused-ring (bicyclic) bond motifs is 1. The second-order valence-electron chi connectivity index (χ2n) is 3.98. The van der Waals surface area contributed by atoms with Crippen molar-refractivity contribution in [2.24, 2.45) is 0 Å². The molecule has 0 amide bonds. The van der Waals surface area contributed by atoms with E-state index in [1.165, 1.54) is 24.3 Å². The summed E-state index contributed by atoms with van der Waals surface area (Å²) in [5.74, 6) is -1.52. The summed E-state index contributed by atoms with van der Waals surface area (Å²) < 4.78 is 45.1. The maximum Gasteiger partial charge on any atom is 0.299 e. The first kappa shape index (κ1) is 13.6. The van der Waals surface area contributed by atoms with Gasteiger partial charge in [-0.3, -0.25) is 0 Å². The van der Waals surface area contributed by atoms with E-state index in [1.54, 1.807) is 0 Å². The van der Waals surface area contributed by atoms with Crippen molar-refractivity contribution in [3.63, 3.8) is 0 Å². The Balaban J connectivity index is 1.99. The molecule has 0 radical (unpaired) electrons. The zero-order valence-corrected chi connectivity index (χ0v) is 10.9. The molecule has 0 atom stereocenters. The number of rotatable bonds is 3. The average molecular weight is 315 g/mol. The van der Waals surface area contributed by atoms with Crippen molar-refractivity contribution in [2.45, 2.75) is 6.43 Å². The molecule has 0 unspecified atom stereocenters. The van der Waals surface area contributed by atoms with Crippen LogP contribution in [0.2, 0.25) is 5.02 Å². The fraction of sp³-hybridized carbons (Fsp3) is 0.0833. The second kappa shape index (κ2) is 5.21. The quantitative estimate of drug-likeness (QED) is 0.740. The summed E-state index contributed by atoms with van der Waals surface area (Å²) in [6.45, 7) is 0. The third-order valence-corrected chi connectivity index (χ3v) is 2.80. The first-order chi connectivity index (χ1) is 10.0. The van der Waals surface area contributed by atoms with Gasteiger partial charge < -0.3 is 4.74 Å². The molecule has 108 valence electrons. The van der Waals surface area contributed by atoms with Crippen LogP contribution < -0.4 is 4.74 Å². The monoisotopic (exact) mass is 314 g/mol. The Bertz CT molecular complexity index is 808. The molecule has 0 spiro atoms. The Kier molecular flexibility index (Phi) is 3.38. The van der Waals surface area contributed by atoms with E-state index in [4.69, 9.17) is 16.3 Å². The Hall–Kier alpha value is -2.35. The Morgan fingerprint density at radius 2 is 1.95 bits per heavy atom. The number of ether oxygens (including phenoxy) is 1. The lowest BCUT2D eigenvalue weighted by Crippen LogP contribution is -2.01. The van der Waals surface area contributed by atoms with Crippen molar-refractivity contribution in [3.8, 4) is 11.6 Å². The molecule has 2 aromatic heterocycles. The van der Waals surface area contributed by atoms with Crippen LogP contribution in [0.5, 0.6) is 11.6 Å². The Labute approximate surface area is 120 Å². The third kappa shape index (κ3) is 2.62. The van der Waals surface area contributed by atoms with E-state index in [0.29, 0.717) is 0 Å². The highest BCUT2D eigenvalue weighted by Crippen LogP contribution is 2.26. The third-order valence-electron chi connectivity index (χ3n) is 2.57. The van der Waals surface area contributed by atoms with Crippen LogP contribution >= 0.6 is 11.6 Å². The van der Waals surface area contributed by atoms with E-state index in [2.05, 4.69) is 15.3 Å². The van der Waals surface area contributed by atoms with Gasteiger partial charge >= 0.3 is 0 Å². The Morgan fingerprint density at radius 3 is 2.67 bits per heavy atom. The molecule has 0 fully saturated rings. The molecule has 0 aliphatic carbocycles. The molecule has 21 heavy (non-hydrogen) atoms. The predicted octanol–water partition coefficient (Wildman–Crippen LogP) is 3.65. The van der Waals surface area contributed by atoms with E-state index >= 15 is 0 Å². The molecule has 9 heteroatoms.